The number of hydrogen-bond acceptors (Lipinski definition) is 6. The summed E-state index contributed by atoms with van der Waals surface area (Å²) in [7, 11) is 0. The highest BCUT2D eigenvalue weighted by atomic mass is 32.1. The molecule has 9 nitrogen and oxygen atoms in total. The fraction of sp³-hybridized carbons (Fsp3) is 0.294. The van der Waals surface area contributed by atoms with Gasteiger partial charge in [0.05, 0.1) is 23.4 Å². The van der Waals surface area contributed by atoms with Crippen LogP contribution in [-0.4, -0.2) is 27.0 Å². The summed E-state index contributed by atoms with van der Waals surface area (Å²) < 4.78 is 6.28. The summed E-state index contributed by atoms with van der Waals surface area (Å²) in [6, 6.07) is 1.29. The first kappa shape index (κ1) is 18.6. The molecule has 142 valence electrons. The first-order chi connectivity index (χ1) is 12.8. The van der Waals surface area contributed by atoms with Crippen molar-refractivity contribution in [3.8, 4) is 5.75 Å². The third kappa shape index (κ3) is 3.43. The summed E-state index contributed by atoms with van der Waals surface area (Å²) in [4.78, 5) is 54.7. The minimum atomic E-state index is -0.660. The monoisotopic (exact) mass is 390 g/mol. The zero-order valence-electron chi connectivity index (χ0n) is 14.8. The van der Waals surface area contributed by atoms with Gasteiger partial charge in [-0.3, -0.25) is 23.9 Å². The highest BCUT2D eigenvalue weighted by Crippen LogP contribution is 2.25. The summed E-state index contributed by atoms with van der Waals surface area (Å²) in [5, 5.41) is 0.235. The van der Waals surface area contributed by atoms with E-state index in [0.717, 1.165) is 22.3 Å². The van der Waals surface area contributed by atoms with Crippen molar-refractivity contribution in [2.24, 2.45) is 5.73 Å². The molecule has 0 aliphatic carbocycles. The Morgan fingerprint density at radius 2 is 2.07 bits per heavy atom. The molecule has 10 heteroatoms. The fourth-order valence-electron chi connectivity index (χ4n) is 2.72. The number of primary amides is 1. The number of hydrogen-bond donors (Lipinski definition) is 3. The van der Waals surface area contributed by atoms with E-state index in [1.807, 2.05) is 6.92 Å². The maximum absolute atomic E-state index is 12.8. The lowest BCUT2D eigenvalue weighted by molar-refractivity contribution is 0.100. The standard InChI is InChI=1S/C17H18N4O5S/c1-3-4-26-11-6-19-9(5-10(11)22)7-21-16(24)12-8(2)13(14(18)23)27-15(12)20-17(21)25/h5-6H,3-4,7H2,1-2H3,(H2,18,23)(H,19,22)(H,20,25). The highest BCUT2D eigenvalue weighted by Gasteiger charge is 2.19. The Kier molecular flexibility index (Phi) is 5.00. The molecular formula is C17H18N4O5S. The molecule has 0 saturated heterocycles. The van der Waals surface area contributed by atoms with Crippen LogP contribution < -0.4 is 27.1 Å². The lowest BCUT2D eigenvalue weighted by Gasteiger charge is -2.07. The van der Waals surface area contributed by atoms with Crippen LogP contribution in [0.25, 0.3) is 10.2 Å². The number of aryl methyl sites for hydroxylation is 1. The predicted molar refractivity (Wildman–Crippen MR) is 102 cm³/mol. The van der Waals surface area contributed by atoms with Crippen LogP contribution in [0.3, 0.4) is 0 Å². The van der Waals surface area contributed by atoms with E-state index in [2.05, 4.69) is 9.97 Å². The molecule has 0 atom stereocenters. The molecule has 0 aromatic carbocycles. The smallest absolute Gasteiger partial charge is 0.329 e. The molecule has 3 rings (SSSR count). The van der Waals surface area contributed by atoms with Crippen LogP contribution in [0.4, 0.5) is 0 Å². The second-order valence-corrected chi connectivity index (χ2v) is 7.00. The number of rotatable bonds is 6. The van der Waals surface area contributed by atoms with E-state index in [4.69, 9.17) is 10.5 Å². The molecular weight excluding hydrogens is 372 g/mol. The number of nitrogens with zero attached hydrogens (tertiary/aromatic N) is 1. The van der Waals surface area contributed by atoms with Crippen LogP contribution >= 0.6 is 11.3 Å². The van der Waals surface area contributed by atoms with Crippen LogP contribution in [0.15, 0.2) is 26.6 Å². The Labute approximate surface area is 156 Å². The van der Waals surface area contributed by atoms with E-state index in [-0.39, 0.29) is 28.0 Å². The molecule has 0 aliphatic rings. The maximum atomic E-state index is 12.8. The number of aromatic nitrogens is 3. The number of H-pyrrole nitrogens is 2. The Bertz CT molecular complexity index is 1200. The van der Waals surface area contributed by atoms with Gasteiger partial charge in [-0.25, -0.2) is 4.79 Å². The van der Waals surface area contributed by atoms with E-state index in [1.54, 1.807) is 6.92 Å². The van der Waals surface area contributed by atoms with Crippen LogP contribution in [-0.2, 0) is 6.54 Å². The Balaban J connectivity index is 2.05. The van der Waals surface area contributed by atoms with E-state index in [1.165, 1.54) is 12.3 Å². The first-order valence-electron chi connectivity index (χ1n) is 8.24. The number of carbonyl (C=O) groups is 1. The molecule has 0 radical (unpaired) electrons. The number of aromatic amines is 2. The van der Waals surface area contributed by atoms with Gasteiger partial charge in [0.2, 0.25) is 5.43 Å². The highest BCUT2D eigenvalue weighted by molar-refractivity contribution is 7.20. The molecule has 27 heavy (non-hydrogen) atoms. The molecule has 0 bridgehead atoms. The lowest BCUT2D eigenvalue weighted by Crippen LogP contribution is -2.35. The minimum Gasteiger partial charge on any atom is -0.488 e. The molecule has 0 spiro atoms. The largest absolute Gasteiger partial charge is 0.488 e. The fourth-order valence-corrected chi connectivity index (χ4v) is 3.76. The van der Waals surface area contributed by atoms with Crippen LogP contribution in [0.5, 0.6) is 5.75 Å². The van der Waals surface area contributed by atoms with Crippen LogP contribution in [0, 0.1) is 6.92 Å². The number of amides is 1. The lowest BCUT2D eigenvalue weighted by atomic mass is 10.2. The molecule has 0 unspecified atom stereocenters. The number of thiophene rings is 1. The summed E-state index contributed by atoms with van der Waals surface area (Å²) >= 11 is 0.970. The average molecular weight is 390 g/mol. The van der Waals surface area contributed by atoms with Crippen LogP contribution in [0.1, 0.15) is 34.3 Å². The van der Waals surface area contributed by atoms with E-state index < -0.39 is 17.2 Å². The molecule has 3 aromatic heterocycles. The van der Waals surface area contributed by atoms with E-state index in [0.29, 0.717) is 22.7 Å². The summed E-state index contributed by atoms with van der Waals surface area (Å²) in [5.74, 6) is -0.482. The van der Waals surface area contributed by atoms with Gasteiger partial charge in [-0.15, -0.1) is 11.3 Å². The third-order valence-corrected chi connectivity index (χ3v) is 5.24. The van der Waals surface area contributed by atoms with Crippen molar-refractivity contribution in [2.75, 3.05) is 6.61 Å². The van der Waals surface area contributed by atoms with Gasteiger partial charge in [-0.2, -0.15) is 0 Å². The normalized spacial score (nSPS) is 11.0. The maximum Gasteiger partial charge on any atom is 0.329 e. The Hall–Kier alpha value is -3.14. The van der Waals surface area contributed by atoms with Gasteiger partial charge >= 0.3 is 5.69 Å². The van der Waals surface area contributed by atoms with Crippen molar-refractivity contribution in [3.63, 3.8) is 0 Å². The van der Waals surface area contributed by atoms with Gasteiger partial charge in [0.15, 0.2) is 5.75 Å². The van der Waals surface area contributed by atoms with Crippen molar-refractivity contribution < 1.29 is 9.53 Å². The first-order valence-corrected chi connectivity index (χ1v) is 9.05. The van der Waals surface area contributed by atoms with Crippen molar-refractivity contribution in [1.82, 2.24) is 14.5 Å². The van der Waals surface area contributed by atoms with Gasteiger partial charge in [-0.05, 0) is 18.9 Å². The summed E-state index contributed by atoms with van der Waals surface area (Å²) in [6.07, 6.45) is 2.17. The quantitative estimate of drug-likeness (QED) is 0.568. The molecule has 0 aliphatic heterocycles. The molecule has 3 heterocycles. The zero-order chi connectivity index (χ0) is 19.7. The minimum absolute atomic E-state index is 0.130. The summed E-state index contributed by atoms with van der Waals surface area (Å²) in [5.41, 5.74) is 4.57. The van der Waals surface area contributed by atoms with Crippen molar-refractivity contribution >= 4 is 27.5 Å². The number of ether oxygens (including phenoxy) is 1. The Morgan fingerprint density at radius 1 is 1.33 bits per heavy atom. The van der Waals surface area contributed by atoms with Gasteiger partial charge < -0.3 is 15.5 Å². The second-order valence-electron chi connectivity index (χ2n) is 5.98. The van der Waals surface area contributed by atoms with Gasteiger partial charge in [0.1, 0.15) is 4.83 Å². The SMILES string of the molecule is CCCOc1c[nH]c(Cn2c(=O)[nH]c3sc(C(N)=O)c(C)c3c2=O)cc1=O. The van der Waals surface area contributed by atoms with Gasteiger partial charge in [0.25, 0.3) is 11.5 Å². The average Bonchev–Trinajstić information content (AvgIpc) is 2.94. The van der Waals surface area contributed by atoms with Crippen LogP contribution in [0.2, 0.25) is 0 Å². The zero-order valence-corrected chi connectivity index (χ0v) is 15.6. The number of carbonyl (C=O) groups excluding carboxylic acids is 1. The number of nitrogens with two attached hydrogens (primary N) is 1. The molecule has 0 fully saturated rings. The van der Waals surface area contributed by atoms with Gasteiger partial charge in [0, 0.05) is 18.0 Å². The van der Waals surface area contributed by atoms with Gasteiger partial charge in [-0.1, -0.05) is 6.92 Å². The topological polar surface area (TPSA) is 140 Å². The number of nitrogens with one attached hydrogen (secondary N) is 2. The number of pyridine rings is 1. The second kappa shape index (κ2) is 7.23. The Morgan fingerprint density at radius 3 is 2.70 bits per heavy atom. The number of fused-ring (bicyclic) bond motifs is 1. The predicted octanol–water partition coefficient (Wildman–Crippen LogP) is 0.684. The molecule has 4 N–H and O–H groups in total. The summed E-state index contributed by atoms with van der Waals surface area (Å²) in [6.45, 7) is 3.81. The molecule has 1 amide bonds. The van der Waals surface area contributed by atoms with Crippen molar-refractivity contribution in [1.29, 1.82) is 0 Å². The van der Waals surface area contributed by atoms with Crippen molar-refractivity contribution in [2.45, 2.75) is 26.8 Å². The third-order valence-electron chi connectivity index (χ3n) is 4.02. The molecule has 3 aromatic rings. The molecule has 0 saturated carbocycles. The van der Waals surface area contributed by atoms with Crippen molar-refractivity contribution in [3.05, 3.63) is 59.5 Å². The van der Waals surface area contributed by atoms with E-state index >= 15 is 0 Å². The van der Waals surface area contributed by atoms with E-state index in [9.17, 15) is 19.2 Å².